The third-order valence-electron chi connectivity index (χ3n) is 4.91. The Hall–Kier alpha value is -2.44. The summed E-state index contributed by atoms with van der Waals surface area (Å²) in [6, 6.07) is 15.4. The van der Waals surface area contributed by atoms with E-state index in [9.17, 15) is 5.11 Å². The van der Waals surface area contributed by atoms with Crippen molar-refractivity contribution in [2.75, 3.05) is 13.1 Å². The Balaban J connectivity index is 1.65. The molecule has 5 nitrogen and oxygen atoms in total. The van der Waals surface area contributed by atoms with Crippen LogP contribution >= 0.6 is 15.9 Å². The maximum absolute atomic E-state index is 10.3. The fourth-order valence-electron chi connectivity index (χ4n) is 3.43. The average molecular weight is 439 g/mol. The minimum absolute atomic E-state index is 0.221. The number of likely N-dealkylation sites (tertiary alicyclic amines) is 1. The van der Waals surface area contributed by atoms with Crippen molar-refractivity contribution in [3.05, 3.63) is 64.4 Å². The van der Waals surface area contributed by atoms with Crippen molar-refractivity contribution in [2.45, 2.75) is 25.9 Å². The molecule has 1 N–H and O–H groups in total. The second-order valence-corrected chi connectivity index (χ2v) is 7.93. The molecule has 144 valence electrons. The highest BCUT2D eigenvalue weighted by atomic mass is 79.9. The van der Waals surface area contributed by atoms with E-state index < -0.39 is 0 Å². The van der Waals surface area contributed by atoms with Gasteiger partial charge in [-0.3, -0.25) is 4.90 Å². The molecule has 6 heteroatoms. The molecule has 1 aliphatic rings. The molecule has 2 aromatic carbocycles. The summed E-state index contributed by atoms with van der Waals surface area (Å²) in [5, 5.41) is 15.0. The highest BCUT2D eigenvalue weighted by Gasteiger charge is 2.17. The van der Waals surface area contributed by atoms with Gasteiger partial charge in [0.05, 0.1) is 12.2 Å². The number of rotatable bonds is 5. The summed E-state index contributed by atoms with van der Waals surface area (Å²) < 4.78 is 2.96. The lowest BCUT2D eigenvalue weighted by molar-refractivity contribution is 0.174. The summed E-state index contributed by atoms with van der Waals surface area (Å²) in [6.07, 6.45) is 7.65. The second-order valence-electron chi connectivity index (χ2n) is 7.02. The molecule has 28 heavy (non-hydrogen) atoms. The molecule has 1 aromatic heterocycles. The minimum atomic E-state index is 0.221. The number of benzene rings is 2. The fraction of sp³-hybridized carbons (Fsp3) is 0.273. The molecule has 0 unspecified atom stereocenters. The predicted octanol–water partition coefficient (Wildman–Crippen LogP) is 5.03. The molecule has 0 amide bonds. The van der Waals surface area contributed by atoms with Crippen molar-refractivity contribution >= 4 is 28.1 Å². The van der Waals surface area contributed by atoms with Crippen molar-refractivity contribution in [1.82, 2.24) is 19.7 Å². The van der Waals surface area contributed by atoms with E-state index in [0.29, 0.717) is 23.9 Å². The van der Waals surface area contributed by atoms with E-state index in [0.717, 1.165) is 23.1 Å². The van der Waals surface area contributed by atoms with Gasteiger partial charge in [-0.2, -0.15) is 0 Å². The number of hydrogen-bond acceptors (Lipinski definition) is 4. The predicted molar refractivity (Wildman–Crippen MR) is 116 cm³/mol. The SMILES string of the molecule is Oc1ccccc1-c1nc(/C=C/c2ccc(Br)cc2)nn1CN1CCCCC1. The lowest BCUT2D eigenvalue weighted by Gasteiger charge is -2.26. The van der Waals surface area contributed by atoms with Gasteiger partial charge >= 0.3 is 0 Å². The van der Waals surface area contributed by atoms with Crippen LogP contribution in [0.3, 0.4) is 0 Å². The lowest BCUT2D eigenvalue weighted by Crippen LogP contribution is -2.32. The molecule has 1 fully saturated rings. The normalized spacial score (nSPS) is 15.3. The zero-order valence-corrected chi connectivity index (χ0v) is 17.2. The van der Waals surface area contributed by atoms with Crippen molar-refractivity contribution in [3.8, 4) is 17.1 Å². The quantitative estimate of drug-likeness (QED) is 0.606. The Kier molecular flexibility index (Phi) is 5.88. The number of aromatic nitrogens is 3. The van der Waals surface area contributed by atoms with E-state index in [1.165, 1.54) is 19.3 Å². The smallest absolute Gasteiger partial charge is 0.174 e. The van der Waals surface area contributed by atoms with E-state index in [4.69, 9.17) is 10.1 Å². The zero-order chi connectivity index (χ0) is 19.3. The number of halogens is 1. The first kappa shape index (κ1) is 18.9. The van der Waals surface area contributed by atoms with Gasteiger partial charge in [-0.05, 0) is 61.8 Å². The molecular formula is C22H23BrN4O. The van der Waals surface area contributed by atoms with Gasteiger partial charge < -0.3 is 5.11 Å². The molecule has 2 heterocycles. The Morgan fingerprint density at radius 1 is 0.964 bits per heavy atom. The lowest BCUT2D eigenvalue weighted by atomic mass is 10.1. The van der Waals surface area contributed by atoms with Gasteiger partial charge in [-0.15, -0.1) is 5.10 Å². The van der Waals surface area contributed by atoms with Crippen LogP contribution in [0.15, 0.2) is 53.0 Å². The van der Waals surface area contributed by atoms with Gasteiger partial charge in [-0.1, -0.05) is 52.7 Å². The highest BCUT2D eigenvalue weighted by molar-refractivity contribution is 9.10. The third-order valence-corrected chi connectivity index (χ3v) is 5.44. The molecular weight excluding hydrogens is 416 g/mol. The Labute approximate surface area is 173 Å². The number of nitrogens with zero attached hydrogens (tertiary/aromatic N) is 4. The van der Waals surface area contributed by atoms with Gasteiger partial charge in [0.25, 0.3) is 0 Å². The van der Waals surface area contributed by atoms with E-state index in [-0.39, 0.29) is 5.75 Å². The van der Waals surface area contributed by atoms with Gasteiger partial charge in [0.15, 0.2) is 11.6 Å². The first-order chi connectivity index (χ1) is 13.7. The molecule has 0 aliphatic carbocycles. The fourth-order valence-corrected chi connectivity index (χ4v) is 3.69. The Morgan fingerprint density at radius 2 is 1.71 bits per heavy atom. The molecule has 0 atom stereocenters. The first-order valence-electron chi connectivity index (χ1n) is 9.58. The summed E-state index contributed by atoms with van der Waals surface area (Å²) in [6.45, 7) is 2.83. The van der Waals surface area contributed by atoms with E-state index in [2.05, 4.69) is 20.8 Å². The van der Waals surface area contributed by atoms with Crippen molar-refractivity contribution < 1.29 is 5.11 Å². The van der Waals surface area contributed by atoms with Crippen LogP contribution in [0, 0.1) is 0 Å². The van der Waals surface area contributed by atoms with Crippen LogP contribution in [0.2, 0.25) is 0 Å². The second kappa shape index (κ2) is 8.71. The van der Waals surface area contributed by atoms with Gasteiger partial charge in [0.2, 0.25) is 0 Å². The van der Waals surface area contributed by atoms with Crippen LogP contribution in [0.4, 0.5) is 0 Å². The van der Waals surface area contributed by atoms with E-state index >= 15 is 0 Å². The third kappa shape index (κ3) is 4.51. The van der Waals surface area contributed by atoms with Crippen molar-refractivity contribution in [3.63, 3.8) is 0 Å². The molecule has 4 rings (SSSR count). The Morgan fingerprint density at radius 3 is 2.46 bits per heavy atom. The summed E-state index contributed by atoms with van der Waals surface area (Å²) in [7, 11) is 0. The van der Waals surface area contributed by atoms with Crippen LogP contribution in [0.1, 0.15) is 30.7 Å². The zero-order valence-electron chi connectivity index (χ0n) is 15.6. The summed E-state index contributed by atoms with van der Waals surface area (Å²) in [5.74, 6) is 1.55. The van der Waals surface area contributed by atoms with Crippen LogP contribution < -0.4 is 0 Å². The molecule has 3 aromatic rings. The number of phenols is 1. The van der Waals surface area contributed by atoms with Gasteiger partial charge in [0.1, 0.15) is 5.75 Å². The first-order valence-corrected chi connectivity index (χ1v) is 10.4. The number of piperidine rings is 1. The van der Waals surface area contributed by atoms with E-state index in [1.807, 2.05) is 59.3 Å². The molecule has 0 bridgehead atoms. The Bertz CT molecular complexity index is 959. The molecule has 1 saturated heterocycles. The largest absolute Gasteiger partial charge is 0.507 e. The van der Waals surface area contributed by atoms with Crippen molar-refractivity contribution in [2.24, 2.45) is 0 Å². The number of aromatic hydroxyl groups is 1. The molecule has 0 spiro atoms. The number of para-hydroxylation sites is 1. The van der Waals surface area contributed by atoms with Gasteiger partial charge in [0, 0.05) is 4.47 Å². The molecule has 0 radical (unpaired) electrons. The van der Waals surface area contributed by atoms with E-state index in [1.54, 1.807) is 6.07 Å². The van der Waals surface area contributed by atoms with Crippen LogP contribution in [-0.2, 0) is 6.67 Å². The monoisotopic (exact) mass is 438 g/mol. The van der Waals surface area contributed by atoms with Gasteiger partial charge in [-0.25, -0.2) is 9.67 Å². The maximum Gasteiger partial charge on any atom is 0.174 e. The maximum atomic E-state index is 10.3. The standard InChI is InChI=1S/C22H23BrN4O/c23-18-11-8-17(9-12-18)10-13-21-24-22(19-6-2-3-7-20(19)28)27(25-21)16-26-14-4-1-5-15-26/h2-3,6-13,28H,1,4-5,14-16H2/b13-10+. The van der Waals surface area contributed by atoms with Crippen LogP contribution in [-0.4, -0.2) is 37.9 Å². The molecule has 1 aliphatic heterocycles. The highest BCUT2D eigenvalue weighted by Crippen LogP contribution is 2.28. The minimum Gasteiger partial charge on any atom is -0.507 e. The van der Waals surface area contributed by atoms with Crippen LogP contribution in [0.5, 0.6) is 5.75 Å². The number of hydrogen-bond donors (Lipinski definition) is 1. The summed E-state index contributed by atoms with van der Waals surface area (Å²) in [4.78, 5) is 7.10. The summed E-state index contributed by atoms with van der Waals surface area (Å²) >= 11 is 3.45. The summed E-state index contributed by atoms with van der Waals surface area (Å²) in [5.41, 5.74) is 1.79. The molecule has 0 saturated carbocycles. The van der Waals surface area contributed by atoms with Crippen LogP contribution in [0.25, 0.3) is 23.5 Å². The average Bonchev–Trinajstić information content (AvgIpc) is 3.11. The van der Waals surface area contributed by atoms with Crippen molar-refractivity contribution in [1.29, 1.82) is 0 Å². The number of phenolic OH excluding ortho intramolecular Hbond substituents is 1. The topological polar surface area (TPSA) is 54.2 Å².